The lowest BCUT2D eigenvalue weighted by Crippen LogP contribution is -2.11. The maximum atomic E-state index is 12.5. The molecule has 19 heavy (non-hydrogen) atoms. The fourth-order valence-electron chi connectivity index (χ4n) is 2.17. The topological polar surface area (TPSA) is 12.0 Å². The minimum Gasteiger partial charge on any atom is -0.316 e. The van der Waals surface area contributed by atoms with E-state index in [0.717, 1.165) is 30.7 Å². The average Bonchev–Trinajstić information content (AvgIpc) is 2.39. The highest BCUT2D eigenvalue weighted by Gasteiger charge is 2.30. The second kappa shape index (κ2) is 5.61. The van der Waals surface area contributed by atoms with Gasteiger partial charge in [0, 0.05) is 12.5 Å². The largest absolute Gasteiger partial charge is 0.416 e. The molecule has 0 spiro atoms. The van der Waals surface area contributed by atoms with Gasteiger partial charge in [-0.2, -0.15) is 13.2 Å². The lowest BCUT2D eigenvalue weighted by Gasteiger charge is -2.17. The monoisotopic (exact) mass is 267 g/mol. The van der Waals surface area contributed by atoms with Crippen LogP contribution in [0, 0.1) is 0 Å². The smallest absolute Gasteiger partial charge is 0.316 e. The number of hydrogen-bond acceptors (Lipinski definition) is 1. The first-order valence-electron chi connectivity index (χ1n) is 6.19. The van der Waals surface area contributed by atoms with E-state index < -0.39 is 11.7 Å². The highest BCUT2D eigenvalue weighted by molar-refractivity contribution is 5.35. The molecule has 4 heteroatoms. The van der Waals surface area contributed by atoms with Crippen molar-refractivity contribution in [2.24, 2.45) is 0 Å². The summed E-state index contributed by atoms with van der Waals surface area (Å²) in [7, 11) is 1.89. The molecule has 102 valence electrons. The van der Waals surface area contributed by atoms with Crippen molar-refractivity contribution in [3.05, 3.63) is 59.2 Å². The third-order valence-electron chi connectivity index (χ3n) is 3.22. The quantitative estimate of drug-likeness (QED) is 0.876. The van der Waals surface area contributed by atoms with Crippen molar-refractivity contribution in [2.45, 2.75) is 18.5 Å². The van der Waals surface area contributed by atoms with Crippen molar-refractivity contribution in [1.29, 1.82) is 0 Å². The highest BCUT2D eigenvalue weighted by atomic mass is 19.4. The van der Waals surface area contributed by atoms with E-state index in [2.05, 4.69) is 17.5 Å². The maximum Gasteiger partial charge on any atom is 0.416 e. The number of rotatable bonds is 3. The second-order valence-corrected chi connectivity index (χ2v) is 4.63. The molecule has 0 saturated carbocycles. The van der Waals surface area contributed by atoms with Gasteiger partial charge >= 0.3 is 6.18 Å². The molecule has 1 aromatic rings. The minimum absolute atomic E-state index is 0.169. The van der Waals surface area contributed by atoms with Gasteiger partial charge in [-0.1, -0.05) is 30.4 Å². The van der Waals surface area contributed by atoms with E-state index in [0.29, 0.717) is 0 Å². The first-order chi connectivity index (χ1) is 9.00. The summed E-state index contributed by atoms with van der Waals surface area (Å²) >= 11 is 0. The molecule has 1 aliphatic carbocycles. The molecular formula is C15H16F3N. The van der Waals surface area contributed by atoms with Gasteiger partial charge in [0.25, 0.3) is 0 Å². The summed E-state index contributed by atoms with van der Waals surface area (Å²) in [5, 5.41) is 3.07. The van der Waals surface area contributed by atoms with Crippen LogP contribution < -0.4 is 5.32 Å². The predicted molar refractivity (Wildman–Crippen MR) is 70.0 cm³/mol. The molecule has 0 aliphatic heterocycles. The molecule has 0 heterocycles. The molecule has 1 nitrogen and oxygen atoms in total. The van der Waals surface area contributed by atoms with Crippen LogP contribution in [0.3, 0.4) is 0 Å². The van der Waals surface area contributed by atoms with Crippen LogP contribution in [-0.2, 0) is 6.18 Å². The van der Waals surface area contributed by atoms with Gasteiger partial charge in [0.1, 0.15) is 0 Å². The molecule has 0 saturated heterocycles. The zero-order valence-corrected chi connectivity index (χ0v) is 10.7. The summed E-state index contributed by atoms with van der Waals surface area (Å²) in [5.74, 6) is 0.169. The molecule has 1 aromatic carbocycles. The molecule has 2 rings (SSSR count). The van der Waals surface area contributed by atoms with Gasteiger partial charge < -0.3 is 5.32 Å². The van der Waals surface area contributed by atoms with E-state index in [1.54, 1.807) is 12.1 Å². The fraction of sp³-hybridized carbons (Fsp3) is 0.333. The Hall–Kier alpha value is -1.55. The van der Waals surface area contributed by atoms with Gasteiger partial charge in [-0.25, -0.2) is 0 Å². The molecule has 0 radical (unpaired) electrons. The van der Waals surface area contributed by atoms with Crippen molar-refractivity contribution >= 4 is 0 Å². The number of hydrogen-bond donors (Lipinski definition) is 1. The normalized spacial score (nSPS) is 19.4. The number of nitrogens with one attached hydrogen (secondary N) is 1. The van der Waals surface area contributed by atoms with Gasteiger partial charge in [0.2, 0.25) is 0 Å². The first-order valence-corrected chi connectivity index (χ1v) is 6.19. The van der Waals surface area contributed by atoms with E-state index in [4.69, 9.17) is 0 Å². The third-order valence-corrected chi connectivity index (χ3v) is 3.22. The minimum atomic E-state index is -4.26. The maximum absolute atomic E-state index is 12.5. The summed E-state index contributed by atoms with van der Waals surface area (Å²) in [6, 6.07) is 5.43. The van der Waals surface area contributed by atoms with E-state index >= 15 is 0 Å². The summed E-state index contributed by atoms with van der Waals surface area (Å²) < 4.78 is 37.4. The number of benzene rings is 1. The molecule has 1 unspecified atom stereocenters. The van der Waals surface area contributed by atoms with Crippen molar-refractivity contribution < 1.29 is 13.2 Å². The highest BCUT2D eigenvalue weighted by Crippen LogP contribution is 2.32. The van der Waals surface area contributed by atoms with Crippen LogP contribution in [0.25, 0.3) is 0 Å². The van der Waals surface area contributed by atoms with E-state index in [1.807, 2.05) is 13.1 Å². The Morgan fingerprint density at radius 1 is 1.21 bits per heavy atom. The Morgan fingerprint density at radius 2 is 1.89 bits per heavy atom. The number of halogens is 3. The summed E-state index contributed by atoms with van der Waals surface area (Å²) in [4.78, 5) is 0. The van der Waals surface area contributed by atoms with Crippen LogP contribution in [0.4, 0.5) is 13.2 Å². The number of alkyl halides is 3. The first kappa shape index (κ1) is 13.9. The van der Waals surface area contributed by atoms with Crippen LogP contribution in [0.2, 0.25) is 0 Å². The molecule has 0 aromatic heterocycles. The van der Waals surface area contributed by atoms with Crippen LogP contribution in [-0.4, -0.2) is 13.6 Å². The van der Waals surface area contributed by atoms with Crippen molar-refractivity contribution in [3.8, 4) is 0 Å². The van der Waals surface area contributed by atoms with Crippen LogP contribution >= 0.6 is 0 Å². The summed E-state index contributed by atoms with van der Waals surface area (Å²) in [6.07, 6.45) is 2.77. The van der Waals surface area contributed by atoms with E-state index in [9.17, 15) is 13.2 Å². The fourth-order valence-corrected chi connectivity index (χ4v) is 2.17. The Labute approximate surface area is 110 Å². The van der Waals surface area contributed by atoms with Crippen LogP contribution in [0.5, 0.6) is 0 Å². The standard InChI is InChI=1S/C15H16F3N/c1-19-10-11-2-4-12(5-3-11)13-6-8-14(9-7-13)15(16,17)18/h2-4,6-9,12,19H,5,10H2,1H3. The molecule has 1 aliphatic rings. The molecule has 0 amide bonds. The number of allylic oxidation sites excluding steroid dienone is 2. The summed E-state index contributed by atoms with van der Waals surface area (Å²) in [6.45, 7) is 0.816. The lowest BCUT2D eigenvalue weighted by atomic mass is 9.89. The van der Waals surface area contributed by atoms with Crippen LogP contribution in [0.15, 0.2) is 48.1 Å². The van der Waals surface area contributed by atoms with E-state index in [1.165, 1.54) is 5.57 Å². The van der Waals surface area contributed by atoms with Gasteiger partial charge in [0.05, 0.1) is 5.56 Å². The van der Waals surface area contributed by atoms with Gasteiger partial charge in [-0.3, -0.25) is 0 Å². The zero-order valence-electron chi connectivity index (χ0n) is 10.7. The van der Waals surface area contributed by atoms with Crippen LogP contribution in [0.1, 0.15) is 23.5 Å². The number of likely N-dealkylation sites (N-methyl/N-ethyl adjacent to an activating group) is 1. The third kappa shape index (κ3) is 3.47. The Balaban J connectivity index is 2.07. The SMILES string of the molecule is CNCC1=CCC(c2ccc(C(F)(F)F)cc2)C=C1. The molecular weight excluding hydrogens is 251 g/mol. The predicted octanol–water partition coefficient (Wildman–Crippen LogP) is 3.89. The van der Waals surface area contributed by atoms with E-state index in [-0.39, 0.29) is 5.92 Å². The van der Waals surface area contributed by atoms with Crippen molar-refractivity contribution in [3.63, 3.8) is 0 Å². The zero-order chi connectivity index (χ0) is 13.9. The summed E-state index contributed by atoms with van der Waals surface area (Å²) in [5.41, 5.74) is 1.54. The Morgan fingerprint density at radius 3 is 2.37 bits per heavy atom. The lowest BCUT2D eigenvalue weighted by molar-refractivity contribution is -0.137. The Bertz CT molecular complexity index is 483. The Kier molecular flexibility index (Phi) is 4.10. The van der Waals surface area contributed by atoms with Gasteiger partial charge in [-0.05, 0) is 36.7 Å². The molecule has 0 fully saturated rings. The van der Waals surface area contributed by atoms with Gasteiger partial charge in [-0.15, -0.1) is 0 Å². The molecule has 1 N–H and O–H groups in total. The van der Waals surface area contributed by atoms with Crippen molar-refractivity contribution in [2.75, 3.05) is 13.6 Å². The molecule has 1 atom stereocenters. The van der Waals surface area contributed by atoms with Crippen molar-refractivity contribution in [1.82, 2.24) is 5.32 Å². The average molecular weight is 267 g/mol. The van der Waals surface area contributed by atoms with Gasteiger partial charge in [0.15, 0.2) is 0 Å². The second-order valence-electron chi connectivity index (χ2n) is 4.63. The molecule has 0 bridgehead atoms.